The van der Waals surface area contributed by atoms with Crippen LogP contribution in [0.2, 0.25) is 0 Å². The highest BCUT2D eigenvalue weighted by Gasteiger charge is 2.46. The molecule has 10 nitrogen and oxygen atoms in total. The first-order valence-corrected chi connectivity index (χ1v) is 11.2. The Balaban J connectivity index is 1.40. The second-order valence-electron chi connectivity index (χ2n) is 6.91. The Kier molecular flexibility index (Phi) is 5.81. The smallest absolute Gasteiger partial charge is 0.328 e. The van der Waals surface area contributed by atoms with Crippen molar-refractivity contribution in [1.29, 1.82) is 0 Å². The Morgan fingerprint density at radius 1 is 1.27 bits per heavy atom. The van der Waals surface area contributed by atoms with E-state index in [9.17, 15) is 14.1 Å². The van der Waals surface area contributed by atoms with Crippen LogP contribution in [0.1, 0.15) is 11.8 Å². The standard InChI is InChI=1S/C18H21FN5O5P/c1-30(26,27-7-11-5-3-2-4-6-11)28-8-12-13(19)15(25)18(29-12)24-10-23-14-16(20)21-9-22-17(14)24/h2-6,9-10,12-13,15,18,25H,7-8H2,1H3,(H2,20,21,22)/t12-,13-,15?,18-,30?/m1/s1. The minimum atomic E-state index is -3.47. The third-order valence-corrected chi connectivity index (χ3v) is 5.95. The van der Waals surface area contributed by atoms with Crippen LogP contribution in [0.4, 0.5) is 10.2 Å². The number of aliphatic hydroxyl groups excluding tert-OH is 1. The number of anilines is 1. The number of alkyl halides is 1. The molecule has 5 atom stereocenters. The minimum Gasteiger partial charge on any atom is -0.385 e. The number of aromatic nitrogens is 4. The summed E-state index contributed by atoms with van der Waals surface area (Å²) in [6, 6.07) is 9.17. The summed E-state index contributed by atoms with van der Waals surface area (Å²) in [4.78, 5) is 12.0. The van der Waals surface area contributed by atoms with E-state index in [0.717, 1.165) is 5.56 Å². The summed E-state index contributed by atoms with van der Waals surface area (Å²) < 4.78 is 44.9. The number of aliphatic hydroxyl groups is 1. The lowest BCUT2D eigenvalue weighted by Gasteiger charge is -2.18. The molecule has 2 unspecified atom stereocenters. The molecule has 1 aliphatic heterocycles. The number of nitrogen functional groups attached to an aromatic ring is 1. The number of benzene rings is 1. The van der Waals surface area contributed by atoms with Crippen LogP contribution in [0.15, 0.2) is 43.0 Å². The summed E-state index contributed by atoms with van der Waals surface area (Å²) in [6.45, 7) is 1.03. The first kappa shape index (κ1) is 20.8. The molecule has 1 fully saturated rings. The number of halogens is 1. The zero-order chi connectivity index (χ0) is 21.3. The predicted molar refractivity (Wildman–Crippen MR) is 105 cm³/mol. The van der Waals surface area contributed by atoms with E-state index < -0.39 is 32.2 Å². The van der Waals surface area contributed by atoms with E-state index in [1.54, 1.807) is 0 Å². The highest BCUT2D eigenvalue weighted by molar-refractivity contribution is 7.52. The molecule has 2 aromatic heterocycles. The number of rotatable bonds is 7. The molecule has 4 rings (SSSR count). The van der Waals surface area contributed by atoms with Gasteiger partial charge in [-0.3, -0.25) is 9.13 Å². The van der Waals surface area contributed by atoms with Crippen LogP contribution in [0.3, 0.4) is 0 Å². The van der Waals surface area contributed by atoms with Gasteiger partial charge >= 0.3 is 7.60 Å². The van der Waals surface area contributed by atoms with Gasteiger partial charge in [-0.05, 0) is 5.56 Å². The highest BCUT2D eigenvalue weighted by Crippen LogP contribution is 2.46. The van der Waals surface area contributed by atoms with E-state index in [-0.39, 0.29) is 19.0 Å². The van der Waals surface area contributed by atoms with Crippen LogP contribution in [0.5, 0.6) is 0 Å². The second-order valence-corrected chi connectivity index (χ2v) is 8.97. The molecule has 1 aliphatic rings. The van der Waals surface area contributed by atoms with Crippen LogP contribution in [-0.2, 0) is 25.0 Å². The van der Waals surface area contributed by atoms with Crippen molar-refractivity contribution >= 4 is 24.6 Å². The average Bonchev–Trinajstić information content (AvgIpc) is 3.29. The Bertz CT molecular complexity index is 1070. The number of nitrogens with zero attached hydrogens (tertiary/aromatic N) is 4. The summed E-state index contributed by atoms with van der Waals surface area (Å²) >= 11 is 0. The van der Waals surface area contributed by atoms with Crippen LogP contribution in [0, 0.1) is 0 Å². The molecule has 0 spiro atoms. The molecule has 0 radical (unpaired) electrons. The van der Waals surface area contributed by atoms with E-state index in [2.05, 4.69) is 15.0 Å². The normalized spacial score (nSPS) is 26.1. The lowest BCUT2D eigenvalue weighted by atomic mass is 10.1. The minimum absolute atomic E-state index is 0.0899. The number of imidazole rings is 1. The Morgan fingerprint density at radius 3 is 2.80 bits per heavy atom. The van der Waals surface area contributed by atoms with Crippen molar-refractivity contribution in [3.8, 4) is 0 Å². The fourth-order valence-electron chi connectivity index (χ4n) is 3.14. The van der Waals surface area contributed by atoms with Crippen LogP contribution < -0.4 is 5.73 Å². The zero-order valence-corrected chi connectivity index (χ0v) is 16.9. The van der Waals surface area contributed by atoms with E-state index in [0.29, 0.717) is 11.2 Å². The van der Waals surface area contributed by atoms with Crippen molar-refractivity contribution in [2.24, 2.45) is 0 Å². The monoisotopic (exact) mass is 437 g/mol. The largest absolute Gasteiger partial charge is 0.385 e. The molecule has 1 aromatic carbocycles. The zero-order valence-electron chi connectivity index (χ0n) is 16.0. The number of hydrogen-bond donors (Lipinski definition) is 2. The maximum Gasteiger partial charge on any atom is 0.328 e. The molecular weight excluding hydrogens is 416 g/mol. The fourth-order valence-corrected chi connectivity index (χ4v) is 4.02. The SMILES string of the molecule is CP(=O)(OCc1ccccc1)OC[C@H]1O[C@@H](n2cnc3c(N)ncnc32)C(O)[C@@H]1F. The second kappa shape index (κ2) is 8.37. The molecule has 3 N–H and O–H groups in total. The van der Waals surface area contributed by atoms with E-state index in [1.165, 1.54) is 23.9 Å². The van der Waals surface area contributed by atoms with Gasteiger partial charge in [0.25, 0.3) is 0 Å². The van der Waals surface area contributed by atoms with Gasteiger partial charge in [-0.2, -0.15) is 0 Å². The van der Waals surface area contributed by atoms with Gasteiger partial charge in [-0.15, -0.1) is 0 Å². The van der Waals surface area contributed by atoms with Crippen LogP contribution >= 0.6 is 7.60 Å². The molecule has 12 heteroatoms. The number of fused-ring (bicyclic) bond motifs is 1. The van der Waals surface area contributed by atoms with E-state index in [1.807, 2.05) is 30.3 Å². The van der Waals surface area contributed by atoms with Gasteiger partial charge in [0.05, 0.1) is 19.5 Å². The first-order chi connectivity index (χ1) is 14.4. The Morgan fingerprint density at radius 2 is 2.03 bits per heavy atom. The quantitative estimate of drug-likeness (QED) is 0.533. The molecular formula is C18H21FN5O5P. The molecule has 0 amide bonds. The molecule has 3 aromatic rings. The summed E-state index contributed by atoms with van der Waals surface area (Å²) in [5, 5.41) is 10.3. The number of ether oxygens (including phenoxy) is 1. The van der Waals surface area contributed by atoms with Crippen molar-refractivity contribution in [1.82, 2.24) is 19.5 Å². The third-order valence-electron chi connectivity index (χ3n) is 4.73. The molecule has 3 heterocycles. The van der Waals surface area contributed by atoms with Crippen molar-refractivity contribution in [3.05, 3.63) is 48.5 Å². The first-order valence-electron chi connectivity index (χ1n) is 9.17. The maximum absolute atomic E-state index is 14.7. The Hall–Kier alpha value is -2.43. The molecule has 0 saturated carbocycles. The van der Waals surface area contributed by atoms with Crippen molar-refractivity contribution in [3.63, 3.8) is 0 Å². The summed E-state index contributed by atoms with van der Waals surface area (Å²) in [6.07, 6.45) is -2.96. The van der Waals surface area contributed by atoms with Gasteiger partial charge in [0.15, 0.2) is 23.9 Å². The lowest BCUT2D eigenvalue weighted by Crippen LogP contribution is -2.30. The van der Waals surface area contributed by atoms with Gasteiger partial charge in [-0.25, -0.2) is 19.3 Å². The summed E-state index contributed by atoms with van der Waals surface area (Å²) in [5.41, 5.74) is 7.19. The van der Waals surface area contributed by atoms with Crippen LogP contribution in [0.25, 0.3) is 11.2 Å². The topological polar surface area (TPSA) is 135 Å². The summed E-state index contributed by atoms with van der Waals surface area (Å²) in [5.74, 6) is 0.158. The van der Waals surface area contributed by atoms with Gasteiger partial charge in [-0.1, -0.05) is 30.3 Å². The maximum atomic E-state index is 14.7. The molecule has 0 bridgehead atoms. The fraction of sp³-hybridized carbons (Fsp3) is 0.389. The molecule has 0 aliphatic carbocycles. The van der Waals surface area contributed by atoms with Crippen molar-refractivity contribution in [2.45, 2.75) is 31.2 Å². The van der Waals surface area contributed by atoms with Crippen LogP contribution in [-0.4, -0.2) is 56.3 Å². The van der Waals surface area contributed by atoms with E-state index >= 15 is 0 Å². The molecule has 30 heavy (non-hydrogen) atoms. The molecule has 1 saturated heterocycles. The van der Waals surface area contributed by atoms with E-state index in [4.69, 9.17) is 19.5 Å². The summed E-state index contributed by atoms with van der Waals surface area (Å²) in [7, 11) is -3.47. The highest BCUT2D eigenvalue weighted by atomic mass is 31.2. The van der Waals surface area contributed by atoms with Gasteiger partial charge < -0.3 is 24.6 Å². The Labute approximate surface area is 171 Å². The number of hydrogen-bond acceptors (Lipinski definition) is 9. The number of nitrogens with two attached hydrogens (primary N) is 1. The average molecular weight is 437 g/mol. The van der Waals surface area contributed by atoms with Crippen molar-refractivity contribution in [2.75, 3.05) is 19.0 Å². The van der Waals surface area contributed by atoms with Gasteiger partial charge in [0.2, 0.25) is 0 Å². The lowest BCUT2D eigenvalue weighted by molar-refractivity contribution is -0.0477. The van der Waals surface area contributed by atoms with Crippen molar-refractivity contribution < 1.29 is 27.8 Å². The molecule has 160 valence electrons. The third kappa shape index (κ3) is 4.21. The van der Waals surface area contributed by atoms with Gasteiger partial charge in [0, 0.05) is 6.66 Å². The predicted octanol–water partition coefficient (Wildman–Crippen LogP) is 2.06. The van der Waals surface area contributed by atoms with Gasteiger partial charge in [0.1, 0.15) is 24.1 Å².